The minimum absolute atomic E-state index is 0.0143. The number of hydrogen-bond donors (Lipinski definition) is 1. The summed E-state index contributed by atoms with van der Waals surface area (Å²) in [6.07, 6.45) is 1.51. The van der Waals surface area contributed by atoms with Crippen LogP contribution in [0, 0.1) is 6.92 Å². The number of benzene rings is 5. The quantitative estimate of drug-likeness (QED) is 0.123. The predicted molar refractivity (Wildman–Crippen MR) is 175 cm³/mol. The fourth-order valence-corrected chi connectivity index (χ4v) is 5.99. The fourth-order valence-electron chi connectivity index (χ4n) is 4.39. The molecule has 0 aliphatic heterocycles. The molecule has 44 heavy (non-hydrogen) atoms. The van der Waals surface area contributed by atoms with E-state index in [9.17, 15) is 13.2 Å². The molecule has 1 N–H and O–H groups in total. The molecule has 5 aromatic rings. The maximum atomic E-state index is 14.0. The Morgan fingerprint density at radius 1 is 0.818 bits per heavy atom. The van der Waals surface area contributed by atoms with Gasteiger partial charge in [-0.15, -0.1) is 0 Å². The Balaban J connectivity index is 1.35. The van der Waals surface area contributed by atoms with Crippen LogP contribution in [0.15, 0.2) is 137 Å². The zero-order chi connectivity index (χ0) is 30.9. The van der Waals surface area contributed by atoms with Crippen molar-refractivity contribution in [1.29, 1.82) is 0 Å². The maximum absolute atomic E-state index is 14.0. The Kier molecular flexibility index (Phi) is 9.74. The molecular formula is C35H30ClN3O4S. The summed E-state index contributed by atoms with van der Waals surface area (Å²) in [5.74, 6) is 0.152. The van der Waals surface area contributed by atoms with Crippen molar-refractivity contribution in [1.82, 2.24) is 5.43 Å². The summed E-state index contributed by atoms with van der Waals surface area (Å²) in [7, 11) is -4.06. The molecule has 5 aromatic carbocycles. The molecule has 0 aliphatic rings. The highest BCUT2D eigenvalue weighted by Gasteiger charge is 2.28. The van der Waals surface area contributed by atoms with Crippen molar-refractivity contribution in [3.8, 4) is 5.75 Å². The Labute approximate surface area is 262 Å². The normalized spacial score (nSPS) is 11.3. The maximum Gasteiger partial charge on any atom is 0.273 e. The molecule has 0 radical (unpaired) electrons. The number of carbonyl (C=O) groups is 1. The topological polar surface area (TPSA) is 88.1 Å². The average Bonchev–Trinajstić information content (AvgIpc) is 3.04. The van der Waals surface area contributed by atoms with E-state index in [0.29, 0.717) is 22.9 Å². The van der Waals surface area contributed by atoms with Crippen LogP contribution in [0.4, 0.5) is 5.69 Å². The number of nitrogens with zero attached hydrogens (tertiary/aromatic N) is 2. The van der Waals surface area contributed by atoms with Crippen molar-refractivity contribution < 1.29 is 17.9 Å². The summed E-state index contributed by atoms with van der Waals surface area (Å²) in [5.41, 5.74) is 6.35. The fraction of sp³-hybridized carbons (Fsp3) is 0.0857. The van der Waals surface area contributed by atoms with Gasteiger partial charge in [-0.1, -0.05) is 83.9 Å². The van der Waals surface area contributed by atoms with Gasteiger partial charge in [-0.2, -0.15) is 5.10 Å². The van der Waals surface area contributed by atoms with Gasteiger partial charge in [-0.3, -0.25) is 9.10 Å². The molecule has 0 bridgehead atoms. The third-order valence-electron chi connectivity index (χ3n) is 6.77. The van der Waals surface area contributed by atoms with Crippen LogP contribution in [0.3, 0.4) is 0 Å². The molecule has 0 saturated carbocycles. The van der Waals surface area contributed by atoms with E-state index in [-0.39, 0.29) is 22.7 Å². The Hall–Kier alpha value is -4.92. The zero-order valence-electron chi connectivity index (χ0n) is 23.9. The van der Waals surface area contributed by atoms with E-state index < -0.39 is 15.9 Å². The van der Waals surface area contributed by atoms with E-state index in [0.717, 1.165) is 16.7 Å². The van der Waals surface area contributed by atoms with E-state index in [1.54, 1.807) is 72.8 Å². The second kappa shape index (κ2) is 14.0. The van der Waals surface area contributed by atoms with Gasteiger partial charge >= 0.3 is 0 Å². The lowest BCUT2D eigenvalue weighted by molar-refractivity contribution is 0.0955. The predicted octanol–water partition coefficient (Wildman–Crippen LogP) is 7.39. The molecular weight excluding hydrogens is 594 g/mol. The van der Waals surface area contributed by atoms with Crippen LogP contribution in [-0.2, 0) is 23.2 Å². The van der Waals surface area contributed by atoms with Crippen LogP contribution in [0.2, 0.25) is 5.02 Å². The van der Waals surface area contributed by atoms with Crippen molar-refractivity contribution in [3.05, 3.63) is 160 Å². The molecule has 0 unspecified atom stereocenters. The van der Waals surface area contributed by atoms with Crippen LogP contribution < -0.4 is 14.5 Å². The Morgan fingerprint density at radius 2 is 1.48 bits per heavy atom. The molecule has 5 rings (SSSR count). The van der Waals surface area contributed by atoms with E-state index in [1.807, 2.05) is 61.5 Å². The first-order valence-electron chi connectivity index (χ1n) is 13.8. The number of carbonyl (C=O) groups excluding carboxylic acids is 1. The molecule has 0 spiro atoms. The van der Waals surface area contributed by atoms with E-state index >= 15 is 0 Å². The molecule has 0 aliphatic carbocycles. The SMILES string of the molecule is Cc1ccc(S(=O)(=O)N(Cc2ccc(Cl)cc2)c2ccccc2C(=O)N/N=C\c2ccc(OCc3ccccc3)cc2)cc1. The number of nitrogens with one attached hydrogen (secondary N) is 1. The summed E-state index contributed by atoms with van der Waals surface area (Å²) >= 11 is 6.07. The first-order valence-corrected chi connectivity index (χ1v) is 15.6. The molecule has 9 heteroatoms. The molecule has 1 amide bonds. The minimum atomic E-state index is -4.06. The lowest BCUT2D eigenvalue weighted by Gasteiger charge is -2.26. The number of anilines is 1. The lowest BCUT2D eigenvalue weighted by atomic mass is 10.1. The number of para-hydroxylation sites is 1. The number of amides is 1. The molecule has 0 atom stereocenters. The van der Waals surface area contributed by atoms with Crippen molar-refractivity contribution in [2.75, 3.05) is 4.31 Å². The summed E-state index contributed by atoms with van der Waals surface area (Å²) in [6.45, 7) is 2.33. The number of hydrogen-bond acceptors (Lipinski definition) is 5. The van der Waals surface area contributed by atoms with Gasteiger partial charge in [0, 0.05) is 5.02 Å². The molecule has 0 saturated heterocycles. The van der Waals surface area contributed by atoms with Crippen LogP contribution in [-0.4, -0.2) is 20.5 Å². The molecule has 0 aromatic heterocycles. The van der Waals surface area contributed by atoms with Crippen LogP contribution in [0.1, 0.15) is 32.6 Å². The largest absolute Gasteiger partial charge is 0.489 e. The smallest absolute Gasteiger partial charge is 0.273 e. The number of rotatable bonds is 11. The van der Waals surface area contributed by atoms with Crippen LogP contribution in [0.5, 0.6) is 5.75 Å². The Bertz CT molecular complexity index is 1840. The Morgan fingerprint density at radius 3 is 2.18 bits per heavy atom. The first-order chi connectivity index (χ1) is 21.3. The number of sulfonamides is 1. The van der Waals surface area contributed by atoms with Crippen molar-refractivity contribution in [3.63, 3.8) is 0 Å². The van der Waals surface area contributed by atoms with Crippen molar-refractivity contribution in [2.45, 2.75) is 25.0 Å². The minimum Gasteiger partial charge on any atom is -0.489 e. The summed E-state index contributed by atoms with van der Waals surface area (Å²) in [6, 6.07) is 37.2. The van der Waals surface area contributed by atoms with Crippen LogP contribution >= 0.6 is 11.6 Å². The molecule has 0 fully saturated rings. The van der Waals surface area contributed by atoms with Gasteiger partial charge in [0.15, 0.2) is 0 Å². The lowest BCUT2D eigenvalue weighted by Crippen LogP contribution is -2.33. The van der Waals surface area contributed by atoms with Gasteiger partial charge in [0.1, 0.15) is 12.4 Å². The number of aryl methyl sites for hydroxylation is 1. The third-order valence-corrected chi connectivity index (χ3v) is 8.80. The standard InChI is InChI=1S/C35H30ClN3O4S/c1-26-11-21-32(22-12-26)44(41,42)39(24-28-13-17-30(36)18-14-28)34-10-6-5-9-33(34)35(40)38-37-23-27-15-19-31(20-16-27)43-25-29-7-3-2-4-8-29/h2-23H,24-25H2,1H3,(H,38,40)/b37-23-. The molecule has 0 heterocycles. The summed E-state index contributed by atoms with van der Waals surface area (Å²) in [4.78, 5) is 13.5. The number of hydrazone groups is 1. The van der Waals surface area contributed by atoms with Gasteiger partial charge < -0.3 is 4.74 Å². The summed E-state index contributed by atoms with van der Waals surface area (Å²) in [5, 5.41) is 4.65. The second-order valence-corrected chi connectivity index (χ2v) is 12.3. The third kappa shape index (κ3) is 7.72. The average molecular weight is 624 g/mol. The highest BCUT2D eigenvalue weighted by molar-refractivity contribution is 7.92. The highest BCUT2D eigenvalue weighted by Crippen LogP contribution is 2.30. The van der Waals surface area contributed by atoms with E-state index in [1.165, 1.54) is 10.5 Å². The van der Waals surface area contributed by atoms with Gasteiger partial charge in [0.25, 0.3) is 15.9 Å². The van der Waals surface area contributed by atoms with Crippen molar-refractivity contribution >= 4 is 39.4 Å². The van der Waals surface area contributed by atoms with Crippen molar-refractivity contribution in [2.24, 2.45) is 5.10 Å². The van der Waals surface area contributed by atoms with Gasteiger partial charge in [0.05, 0.1) is 28.9 Å². The van der Waals surface area contributed by atoms with Gasteiger partial charge in [-0.25, -0.2) is 13.8 Å². The highest BCUT2D eigenvalue weighted by atomic mass is 35.5. The number of ether oxygens (including phenoxy) is 1. The first kappa shape index (κ1) is 30.5. The monoisotopic (exact) mass is 623 g/mol. The zero-order valence-corrected chi connectivity index (χ0v) is 25.5. The van der Waals surface area contributed by atoms with E-state index in [4.69, 9.17) is 16.3 Å². The van der Waals surface area contributed by atoms with Gasteiger partial charge in [0.2, 0.25) is 0 Å². The summed E-state index contributed by atoms with van der Waals surface area (Å²) < 4.78 is 35.0. The van der Waals surface area contributed by atoms with Gasteiger partial charge in [-0.05, 0) is 84.3 Å². The molecule has 222 valence electrons. The molecule has 7 nitrogen and oxygen atoms in total. The second-order valence-electron chi connectivity index (χ2n) is 10.0. The van der Waals surface area contributed by atoms with Crippen LogP contribution in [0.25, 0.3) is 0 Å². The van der Waals surface area contributed by atoms with E-state index in [2.05, 4.69) is 10.5 Å². The number of halogens is 1.